The maximum Gasteiger partial charge on any atom is 0.220 e. The Labute approximate surface area is 150 Å². The fraction of sp³-hybridized carbons (Fsp3) is 0.381. The molecule has 25 heavy (non-hydrogen) atoms. The lowest BCUT2D eigenvalue weighted by atomic mass is 10.0. The third-order valence-corrected chi connectivity index (χ3v) is 4.50. The number of nitrogens with zero attached hydrogens (tertiary/aromatic N) is 1. The quantitative estimate of drug-likeness (QED) is 0.775. The highest BCUT2D eigenvalue weighted by molar-refractivity contribution is 5.76. The van der Waals surface area contributed by atoms with E-state index in [1.165, 1.54) is 11.1 Å². The molecule has 0 aromatic heterocycles. The second-order valence-corrected chi connectivity index (χ2v) is 6.51. The predicted molar refractivity (Wildman–Crippen MR) is 102 cm³/mol. The zero-order chi connectivity index (χ0) is 18.2. The highest BCUT2D eigenvalue weighted by atomic mass is 16.3. The average Bonchev–Trinajstić information content (AvgIpc) is 2.61. The summed E-state index contributed by atoms with van der Waals surface area (Å²) in [6.07, 6.45) is 1.93. The summed E-state index contributed by atoms with van der Waals surface area (Å²) in [5, 5.41) is 12.8. The van der Waals surface area contributed by atoms with Crippen LogP contribution in [0.15, 0.2) is 48.5 Å². The van der Waals surface area contributed by atoms with Gasteiger partial charge in [0.2, 0.25) is 5.91 Å². The summed E-state index contributed by atoms with van der Waals surface area (Å²) in [4.78, 5) is 14.3. The van der Waals surface area contributed by atoms with Gasteiger partial charge in [0.25, 0.3) is 0 Å². The van der Waals surface area contributed by atoms with Crippen molar-refractivity contribution in [1.82, 2.24) is 10.2 Å². The number of hydrogen-bond donors (Lipinski definition) is 2. The zero-order valence-corrected chi connectivity index (χ0v) is 15.3. The van der Waals surface area contributed by atoms with Crippen molar-refractivity contribution in [3.05, 3.63) is 65.2 Å². The van der Waals surface area contributed by atoms with Gasteiger partial charge >= 0.3 is 0 Å². The van der Waals surface area contributed by atoms with Crippen LogP contribution in [0.1, 0.15) is 36.1 Å². The van der Waals surface area contributed by atoms with E-state index in [9.17, 15) is 9.90 Å². The van der Waals surface area contributed by atoms with Crippen molar-refractivity contribution in [2.45, 2.75) is 32.2 Å². The Morgan fingerprint density at radius 2 is 1.80 bits per heavy atom. The van der Waals surface area contributed by atoms with Crippen LogP contribution in [0.4, 0.5) is 0 Å². The average molecular weight is 340 g/mol. The van der Waals surface area contributed by atoms with E-state index in [2.05, 4.69) is 41.4 Å². The molecule has 0 bridgehead atoms. The molecule has 2 N–H and O–H groups in total. The molecule has 2 aromatic rings. The lowest BCUT2D eigenvalue weighted by Gasteiger charge is -2.25. The van der Waals surface area contributed by atoms with E-state index in [0.717, 1.165) is 12.0 Å². The molecule has 1 atom stereocenters. The van der Waals surface area contributed by atoms with Gasteiger partial charge in [-0.3, -0.25) is 4.79 Å². The molecule has 134 valence electrons. The molecule has 4 heteroatoms. The number of carbonyl (C=O) groups excluding carboxylic acids is 1. The van der Waals surface area contributed by atoms with Gasteiger partial charge in [0.05, 0.1) is 6.04 Å². The van der Waals surface area contributed by atoms with Gasteiger partial charge in [-0.1, -0.05) is 49.4 Å². The first-order chi connectivity index (χ1) is 12.0. The van der Waals surface area contributed by atoms with Gasteiger partial charge in [0.15, 0.2) is 0 Å². The molecule has 1 unspecified atom stereocenters. The summed E-state index contributed by atoms with van der Waals surface area (Å²) in [5.41, 5.74) is 3.31. The van der Waals surface area contributed by atoms with Gasteiger partial charge < -0.3 is 15.3 Å². The van der Waals surface area contributed by atoms with Crippen LogP contribution in [0, 0.1) is 0 Å². The SMILES string of the molecule is CCc1ccc(C(CNC(=O)CCc2ccccc2O)N(C)C)cc1. The second-order valence-electron chi connectivity index (χ2n) is 6.51. The normalized spacial score (nSPS) is 12.2. The monoisotopic (exact) mass is 340 g/mol. The third-order valence-electron chi connectivity index (χ3n) is 4.50. The van der Waals surface area contributed by atoms with E-state index in [4.69, 9.17) is 0 Å². The van der Waals surface area contributed by atoms with Crippen LogP contribution >= 0.6 is 0 Å². The molecule has 0 heterocycles. The van der Waals surface area contributed by atoms with Crippen molar-refractivity contribution in [2.24, 2.45) is 0 Å². The second kappa shape index (κ2) is 9.23. The number of likely N-dealkylation sites (N-methyl/N-ethyl adjacent to an activating group) is 1. The first kappa shape index (κ1) is 19.0. The van der Waals surface area contributed by atoms with Crippen LogP contribution in [0.3, 0.4) is 0 Å². The maximum absolute atomic E-state index is 12.2. The molecule has 4 nitrogen and oxygen atoms in total. The van der Waals surface area contributed by atoms with E-state index in [1.807, 2.05) is 26.2 Å². The van der Waals surface area contributed by atoms with Gasteiger partial charge in [-0.15, -0.1) is 0 Å². The third kappa shape index (κ3) is 5.61. The zero-order valence-electron chi connectivity index (χ0n) is 15.3. The molecular weight excluding hydrogens is 312 g/mol. The molecular formula is C21H28N2O2. The number of aryl methyl sites for hydroxylation is 2. The van der Waals surface area contributed by atoms with E-state index in [0.29, 0.717) is 19.4 Å². The summed E-state index contributed by atoms with van der Waals surface area (Å²) in [7, 11) is 4.04. The first-order valence-electron chi connectivity index (χ1n) is 8.80. The number of phenols is 1. The van der Waals surface area contributed by atoms with Gasteiger partial charge in [-0.05, 0) is 49.7 Å². The number of amides is 1. The number of carbonyl (C=O) groups is 1. The van der Waals surface area contributed by atoms with Crippen LogP contribution in [-0.4, -0.2) is 36.6 Å². The maximum atomic E-state index is 12.2. The van der Waals surface area contributed by atoms with Crippen LogP contribution < -0.4 is 5.32 Å². The predicted octanol–water partition coefficient (Wildman–Crippen LogP) is 3.31. The van der Waals surface area contributed by atoms with Crippen LogP contribution in [-0.2, 0) is 17.6 Å². The number of nitrogens with one attached hydrogen (secondary N) is 1. The fourth-order valence-electron chi connectivity index (χ4n) is 2.84. The molecule has 0 saturated heterocycles. The minimum absolute atomic E-state index is 0.000261. The topological polar surface area (TPSA) is 52.6 Å². The summed E-state index contributed by atoms with van der Waals surface area (Å²) in [6, 6.07) is 15.8. The molecule has 0 aliphatic heterocycles. The molecule has 0 radical (unpaired) electrons. The number of phenolic OH excluding ortho intramolecular Hbond substituents is 1. The Morgan fingerprint density at radius 1 is 1.12 bits per heavy atom. The lowest BCUT2D eigenvalue weighted by Crippen LogP contribution is -2.34. The Hall–Kier alpha value is -2.33. The Bertz CT molecular complexity index is 681. The summed E-state index contributed by atoms with van der Waals surface area (Å²) >= 11 is 0. The number of hydrogen-bond acceptors (Lipinski definition) is 3. The van der Waals surface area contributed by atoms with Gasteiger partial charge in [0.1, 0.15) is 5.75 Å². The van der Waals surface area contributed by atoms with E-state index in [-0.39, 0.29) is 17.7 Å². The Balaban J connectivity index is 1.89. The lowest BCUT2D eigenvalue weighted by molar-refractivity contribution is -0.121. The molecule has 2 aromatic carbocycles. The Kier molecular flexibility index (Phi) is 7.02. The molecule has 0 aliphatic carbocycles. The van der Waals surface area contributed by atoms with Crippen LogP contribution in [0.2, 0.25) is 0 Å². The van der Waals surface area contributed by atoms with Crippen molar-refractivity contribution >= 4 is 5.91 Å². The minimum Gasteiger partial charge on any atom is -0.508 e. The van der Waals surface area contributed by atoms with Crippen LogP contribution in [0.25, 0.3) is 0 Å². The summed E-state index contributed by atoms with van der Waals surface area (Å²) in [5.74, 6) is 0.248. The minimum atomic E-state index is 0.000261. The van der Waals surface area contributed by atoms with E-state index in [1.54, 1.807) is 12.1 Å². The molecule has 1 amide bonds. The van der Waals surface area contributed by atoms with Crippen molar-refractivity contribution in [3.8, 4) is 5.75 Å². The van der Waals surface area contributed by atoms with Crippen molar-refractivity contribution in [2.75, 3.05) is 20.6 Å². The molecule has 0 spiro atoms. The molecule has 0 aliphatic rings. The largest absolute Gasteiger partial charge is 0.508 e. The van der Waals surface area contributed by atoms with E-state index >= 15 is 0 Å². The number of benzene rings is 2. The Morgan fingerprint density at radius 3 is 2.40 bits per heavy atom. The highest BCUT2D eigenvalue weighted by Gasteiger charge is 2.15. The van der Waals surface area contributed by atoms with Crippen molar-refractivity contribution in [3.63, 3.8) is 0 Å². The number of para-hydroxylation sites is 1. The first-order valence-corrected chi connectivity index (χ1v) is 8.80. The number of rotatable bonds is 8. The smallest absolute Gasteiger partial charge is 0.220 e. The van der Waals surface area contributed by atoms with Crippen molar-refractivity contribution in [1.29, 1.82) is 0 Å². The van der Waals surface area contributed by atoms with Crippen molar-refractivity contribution < 1.29 is 9.90 Å². The fourth-order valence-corrected chi connectivity index (χ4v) is 2.84. The van der Waals surface area contributed by atoms with Gasteiger partial charge in [-0.25, -0.2) is 0 Å². The summed E-state index contributed by atoms with van der Waals surface area (Å²) < 4.78 is 0. The van der Waals surface area contributed by atoms with E-state index < -0.39 is 0 Å². The molecule has 2 rings (SSSR count). The number of aromatic hydroxyl groups is 1. The van der Waals surface area contributed by atoms with Gasteiger partial charge in [-0.2, -0.15) is 0 Å². The standard InChI is InChI=1S/C21H28N2O2/c1-4-16-9-11-17(12-10-16)19(23(2)3)15-22-21(25)14-13-18-7-5-6-8-20(18)24/h5-12,19,24H,4,13-15H2,1-3H3,(H,22,25). The summed E-state index contributed by atoms with van der Waals surface area (Å²) in [6.45, 7) is 2.71. The highest BCUT2D eigenvalue weighted by Crippen LogP contribution is 2.19. The molecule has 0 fully saturated rings. The molecule has 0 saturated carbocycles. The van der Waals surface area contributed by atoms with Gasteiger partial charge in [0, 0.05) is 13.0 Å². The van der Waals surface area contributed by atoms with Crippen LogP contribution in [0.5, 0.6) is 5.75 Å².